The first-order chi connectivity index (χ1) is 6.57. The van der Waals surface area contributed by atoms with Crippen LogP contribution in [0.15, 0.2) is 21.6 Å². The smallest absolute Gasteiger partial charge is 0.365 e. The van der Waals surface area contributed by atoms with E-state index in [0.29, 0.717) is 5.88 Å². The largest absolute Gasteiger partial charge is 0.426 e. The molecule has 1 aliphatic rings. The quantitative estimate of drug-likeness (QED) is 0.708. The van der Waals surface area contributed by atoms with Crippen LogP contribution in [0.5, 0.6) is 0 Å². The van der Waals surface area contributed by atoms with Crippen LogP contribution in [-0.2, 0) is 10.2 Å². The van der Waals surface area contributed by atoms with E-state index in [2.05, 4.69) is 0 Å². The Hall–Kier alpha value is -1.04. The van der Waals surface area contributed by atoms with Crippen molar-refractivity contribution in [3.05, 3.63) is 12.1 Å². The molecular weight excluding hydrogens is 209 g/mol. The van der Waals surface area contributed by atoms with Gasteiger partial charge in [-0.05, 0) is 12.8 Å². The Bertz CT molecular complexity index is 420. The number of anilines is 1. The van der Waals surface area contributed by atoms with Crippen molar-refractivity contribution in [2.75, 3.05) is 18.0 Å². The molecule has 1 aromatic rings. The van der Waals surface area contributed by atoms with Crippen molar-refractivity contribution >= 4 is 16.1 Å². The molecule has 1 saturated heterocycles. The minimum atomic E-state index is -4.70. The maximum absolute atomic E-state index is 12.5. The van der Waals surface area contributed by atoms with Gasteiger partial charge in [-0.1, -0.05) is 3.89 Å². The highest BCUT2D eigenvalue weighted by Gasteiger charge is 2.21. The summed E-state index contributed by atoms with van der Waals surface area (Å²) in [6.07, 6.45) is 2.11. The second-order valence-corrected chi connectivity index (χ2v) is 4.50. The molecule has 0 atom stereocenters. The van der Waals surface area contributed by atoms with Crippen LogP contribution in [0.2, 0.25) is 0 Å². The molecule has 0 aromatic carbocycles. The molecule has 0 spiro atoms. The van der Waals surface area contributed by atoms with E-state index in [1.165, 1.54) is 6.07 Å². The standard InChI is InChI=1S/C8H10FNO3S/c9-14(11,12)8-4-3-7(13-8)10-5-1-2-6-10/h3-4H,1-2,5-6H2. The van der Waals surface area contributed by atoms with Crippen LogP contribution in [0.1, 0.15) is 12.8 Å². The molecule has 2 heterocycles. The van der Waals surface area contributed by atoms with E-state index in [1.54, 1.807) is 0 Å². The lowest BCUT2D eigenvalue weighted by Crippen LogP contribution is -2.16. The van der Waals surface area contributed by atoms with Crippen molar-refractivity contribution < 1.29 is 16.7 Å². The van der Waals surface area contributed by atoms with Crippen LogP contribution in [0.25, 0.3) is 0 Å². The van der Waals surface area contributed by atoms with Crippen LogP contribution in [0.4, 0.5) is 9.77 Å². The maximum Gasteiger partial charge on any atom is 0.365 e. The molecule has 6 heteroatoms. The van der Waals surface area contributed by atoms with Gasteiger partial charge in [-0.2, -0.15) is 8.42 Å². The molecule has 0 radical (unpaired) electrons. The van der Waals surface area contributed by atoms with Gasteiger partial charge in [0.1, 0.15) is 0 Å². The van der Waals surface area contributed by atoms with E-state index in [9.17, 15) is 12.3 Å². The highest BCUT2D eigenvalue weighted by molar-refractivity contribution is 7.86. The molecule has 1 fully saturated rings. The Morgan fingerprint density at radius 2 is 1.93 bits per heavy atom. The minimum absolute atomic E-state index is 0.429. The zero-order valence-corrected chi connectivity index (χ0v) is 8.26. The van der Waals surface area contributed by atoms with Gasteiger partial charge in [0.25, 0.3) is 5.09 Å². The monoisotopic (exact) mass is 219 g/mol. The summed E-state index contributed by atoms with van der Waals surface area (Å²) in [5, 5.41) is -0.612. The van der Waals surface area contributed by atoms with E-state index in [-0.39, 0.29) is 0 Å². The fourth-order valence-electron chi connectivity index (χ4n) is 1.55. The number of halogens is 1. The van der Waals surface area contributed by atoms with Gasteiger partial charge in [0.15, 0.2) is 5.88 Å². The van der Waals surface area contributed by atoms with E-state index in [4.69, 9.17) is 4.42 Å². The predicted molar refractivity (Wildman–Crippen MR) is 48.4 cm³/mol. The van der Waals surface area contributed by atoms with Crippen LogP contribution >= 0.6 is 0 Å². The molecule has 2 rings (SSSR count). The van der Waals surface area contributed by atoms with Crippen LogP contribution in [0.3, 0.4) is 0 Å². The van der Waals surface area contributed by atoms with Crippen molar-refractivity contribution in [1.82, 2.24) is 0 Å². The maximum atomic E-state index is 12.5. The van der Waals surface area contributed by atoms with Gasteiger partial charge in [0.05, 0.1) is 0 Å². The van der Waals surface area contributed by atoms with Crippen LogP contribution < -0.4 is 4.90 Å². The number of hydrogen-bond donors (Lipinski definition) is 0. The molecule has 0 unspecified atom stereocenters. The van der Waals surface area contributed by atoms with Crippen molar-refractivity contribution in [3.63, 3.8) is 0 Å². The van der Waals surface area contributed by atoms with Gasteiger partial charge in [0.2, 0.25) is 0 Å². The molecular formula is C8H10FNO3S. The Morgan fingerprint density at radius 1 is 1.29 bits per heavy atom. The van der Waals surface area contributed by atoms with E-state index < -0.39 is 15.3 Å². The third kappa shape index (κ3) is 1.75. The third-order valence-electron chi connectivity index (χ3n) is 2.23. The number of rotatable bonds is 2. The fraction of sp³-hybridized carbons (Fsp3) is 0.500. The Balaban J connectivity index is 2.25. The Morgan fingerprint density at radius 3 is 2.43 bits per heavy atom. The van der Waals surface area contributed by atoms with Crippen molar-refractivity contribution in [2.24, 2.45) is 0 Å². The van der Waals surface area contributed by atoms with Gasteiger partial charge < -0.3 is 9.32 Å². The van der Waals surface area contributed by atoms with E-state index in [1.807, 2.05) is 4.90 Å². The third-order valence-corrected chi connectivity index (χ3v) is 2.93. The van der Waals surface area contributed by atoms with E-state index >= 15 is 0 Å². The molecule has 1 aliphatic heterocycles. The molecule has 0 amide bonds. The summed E-state index contributed by atoms with van der Waals surface area (Å²) < 4.78 is 38.3. The number of nitrogens with zero attached hydrogens (tertiary/aromatic N) is 1. The highest BCUT2D eigenvalue weighted by atomic mass is 32.3. The second kappa shape index (κ2) is 3.27. The minimum Gasteiger partial charge on any atom is -0.426 e. The SMILES string of the molecule is O=S(=O)(F)c1ccc(N2CCCC2)o1. The molecule has 0 bridgehead atoms. The summed E-state index contributed by atoms with van der Waals surface area (Å²) in [6, 6.07) is 2.63. The first-order valence-corrected chi connectivity index (χ1v) is 5.75. The Kier molecular flexibility index (Phi) is 2.22. The topological polar surface area (TPSA) is 50.5 Å². The predicted octanol–water partition coefficient (Wildman–Crippen LogP) is 1.54. The highest BCUT2D eigenvalue weighted by Crippen LogP contribution is 2.25. The molecule has 4 nitrogen and oxygen atoms in total. The molecule has 0 aliphatic carbocycles. The molecule has 0 saturated carbocycles. The van der Waals surface area contributed by atoms with Crippen LogP contribution in [0, 0.1) is 0 Å². The molecule has 1 aromatic heterocycles. The molecule has 0 N–H and O–H groups in total. The van der Waals surface area contributed by atoms with Gasteiger partial charge in [0, 0.05) is 25.2 Å². The fourth-order valence-corrected chi connectivity index (χ4v) is 1.96. The van der Waals surface area contributed by atoms with Gasteiger partial charge >= 0.3 is 10.2 Å². The first-order valence-electron chi connectivity index (χ1n) is 4.37. The summed E-state index contributed by atoms with van der Waals surface area (Å²) >= 11 is 0. The average Bonchev–Trinajstić information content (AvgIpc) is 2.73. The summed E-state index contributed by atoms with van der Waals surface area (Å²) in [4.78, 5) is 1.90. The summed E-state index contributed by atoms with van der Waals surface area (Å²) in [5.74, 6) is 0.429. The second-order valence-electron chi connectivity index (χ2n) is 3.22. The first kappa shape index (κ1) is 9.51. The van der Waals surface area contributed by atoms with Gasteiger partial charge in [-0.25, -0.2) is 0 Å². The number of hydrogen-bond acceptors (Lipinski definition) is 4. The normalized spacial score (nSPS) is 17.6. The zero-order chi connectivity index (χ0) is 10.2. The summed E-state index contributed by atoms with van der Waals surface area (Å²) in [7, 11) is -4.70. The summed E-state index contributed by atoms with van der Waals surface area (Å²) in [5.41, 5.74) is 0. The summed E-state index contributed by atoms with van der Waals surface area (Å²) in [6.45, 7) is 1.67. The average molecular weight is 219 g/mol. The lowest BCUT2D eigenvalue weighted by molar-refractivity contribution is 0.434. The Labute approximate surface area is 81.5 Å². The number of furan rings is 1. The lowest BCUT2D eigenvalue weighted by atomic mass is 10.4. The van der Waals surface area contributed by atoms with Gasteiger partial charge in [-0.15, -0.1) is 0 Å². The zero-order valence-electron chi connectivity index (χ0n) is 7.44. The van der Waals surface area contributed by atoms with Crippen molar-refractivity contribution in [2.45, 2.75) is 17.9 Å². The van der Waals surface area contributed by atoms with Crippen molar-refractivity contribution in [1.29, 1.82) is 0 Å². The van der Waals surface area contributed by atoms with Crippen molar-refractivity contribution in [3.8, 4) is 0 Å². The lowest BCUT2D eigenvalue weighted by Gasteiger charge is -2.12. The molecule has 78 valence electrons. The van der Waals surface area contributed by atoms with E-state index in [0.717, 1.165) is 32.0 Å². The molecule has 14 heavy (non-hydrogen) atoms. The van der Waals surface area contributed by atoms with Crippen LogP contribution in [-0.4, -0.2) is 21.5 Å². The van der Waals surface area contributed by atoms with Gasteiger partial charge in [-0.3, -0.25) is 0 Å².